The molecule has 1 amide bonds. The molecule has 0 aromatic heterocycles. The number of nitrogens with zero attached hydrogens (tertiary/aromatic N) is 2. The maximum absolute atomic E-state index is 13.0. The number of amides is 1. The van der Waals surface area contributed by atoms with Crippen molar-refractivity contribution >= 4 is 45.4 Å². The summed E-state index contributed by atoms with van der Waals surface area (Å²) in [5, 5.41) is 3.13. The van der Waals surface area contributed by atoms with Crippen molar-refractivity contribution in [1.82, 2.24) is 4.90 Å². The Labute approximate surface area is 210 Å². The third kappa shape index (κ3) is 5.15. The molecule has 5 heteroatoms. The van der Waals surface area contributed by atoms with Crippen LogP contribution in [0.2, 0.25) is 0 Å². The third-order valence-corrected chi connectivity index (χ3v) is 6.92. The van der Waals surface area contributed by atoms with Gasteiger partial charge in [0.2, 0.25) is 0 Å². The van der Waals surface area contributed by atoms with Gasteiger partial charge in [0, 0.05) is 6.54 Å². The van der Waals surface area contributed by atoms with Crippen LogP contribution in [0.25, 0.3) is 16.8 Å². The molecule has 1 heterocycles. The van der Waals surface area contributed by atoms with Crippen LogP contribution in [0.15, 0.2) is 101 Å². The molecule has 174 valence electrons. The van der Waals surface area contributed by atoms with E-state index < -0.39 is 0 Å². The average Bonchev–Trinajstić information content (AvgIpc) is 3.18. The third-order valence-electron chi connectivity index (χ3n) is 5.92. The number of amidine groups is 1. The number of rotatable bonds is 6. The van der Waals surface area contributed by atoms with E-state index >= 15 is 0 Å². The Morgan fingerprint density at radius 2 is 1.66 bits per heavy atom. The van der Waals surface area contributed by atoms with E-state index in [0.29, 0.717) is 23.2 Å². The predicted molar refractivity (Wildman–Crippen MR) is 146 cm³/mol. The highest BCUT2D eigenvalue weighted by Crippen LogP contribution is 2.34. The molecule has 5 rings (SSSR count). The summed E-state index contributed by atoms with van der Waals surface area (Å²) in [6.07, 6.45) is 1.92. The fourth-order valence-electron chi connectivity index (χ4n) is 3.99. The molecule has 0 unspecified atom stereocenters. The van der Waals surface area contributed by atoms with Crippen molar-refractivity contribution in [3.8, 4) is 5.75 Å². The number of benzene rings is 4. The number of likely N-dealkylation sites (N-methyl/N-ethyl adjacent to an activating group) is 1. The van der Waals surface area contributed by atoms with Gasteiger partial charge in [-0.15, -0.1) is 0 Å². The second-order valence-electron chi connectivity index (χ2n) is 8.39. The summed E-state index contributed by atoms with van der Waals surface area (Å²) in [4.78, 5) is 20.1. The molecular weight excluding hydrogens is 452 g/mol. The molecule has 1 fully saturated rings. The zero-order valence-electron chi connectivity index (χ0n) is 19.8. The van der Waals surface area contributed by atoms with E-state index in [1.165, 1.54) is 28.1 Å². The van der Waals surface area contributed by atoms with E-state index in [0.717, 1.165) is 22.6 Å². The smallest absolute Gasteiger partial charge is 0.266 e. The molecule has 0 radical (unpaired) electrons. The van der Waals surface area contributed by atoms with Crippen LogP contribution >= 0.6 is 11.8 Å². The van der Waals surface area contributed by atoms with E-state index in [1.54, 1.807) is 4.90 Å². The number of ether oxygens (including phenoxy) is 1. The number of thioether (sulfide) groups is 1. The van der Waals surface area contributed by atoms with Gasteiger partial charge in [-0.1, -0.05) is 72.3 Å². The second-order valence-corrected chi connectivity index (χ2v) is 9.40. The summed E-state index contributed by atoms with van der Waals surface area (Å²) in [6.45, 7) is 5.09. The maximum Gasteiger partial charge on any atom is 0.266 e. The standard InChI is InChI=1S/C30H26N2O2S/c1-3-32-29(33)28(35-30(32)31-25-15-11-21(2)12-16-25)19-22-13-17-26(18-14-22)34-20-24-9-6-8-23-7-4-5-10-27(23)24/h4-19H,3,20H2,1-2H3/b28-19+,31-30?. The molecular formula is C30H26N2O2S. The summed E-state index contributed by atoms with van der Waals surface area (Å²) >= 11 is 1.41. The van der Waals surface area contributed by atoms with E-state index in [2.05, 4.69) is 30.3 Å². The minimum absolute atomic E-state index is 0.0142. The van der Waals surface area contributed by atoms with Crippen LogP contribution in [0.5, 0.6) is 5.75 Å². The van der Waals surface area contributed by atoms with E-state index in [4.69, 9.17) is 9.73 Å². The first-order valence-corrected chi connectivity index (χ1v) is 12.5. The summed E-state index contributed by atoms with van der Waals surface area (Å²) in [7, 11) is 0. The van der Waals surface area contributed by atoms with Crippen molar-refractivity contribution in [2.75, 3.05) is 6.54 Å². The van der Waals surface area contributed by atoms with Gasteiger partial charge in [0.15, 0.2) is 5.17 Å². The normalized spacial score (nSPS) is 15.9. The molecule has 1 saturated heterocycles. The quantitative estimate of drug-likeness (QED) is 0.272. The highest BCUT2D eigenvalue weighted by Gasteiger charge is 2.32. The van der Waals surface area contributed by atoms with Gasteiger partial charge in [-0.2, -0.15) is 0 Å². The van der Waals surface area contributed by atoms with Gasteiger partial charge in [0.25, 0.3) is 5.91 Å². The van der Waals surface area contributed by atoms with Crippen LogP contribution in [0.4, 0.5) is 5.69 Å². The lowest BCUT2D eigenvalue weighted by molar-refractivity contribution is -0.122. The zero-order chi connectivity index (χ0) is 24.2. The van der Waals surface area contributed by atoms with Gasteiger partial charge in [0.1, 0.15) is 12.4 Å². The minimum Gasteiger partial charge on any atom is -0.489 e. The summed E-state index contributed by atoms with van der Waals surface area (Å²) in [5.41, 5.74) is 4.13. The maximum atomic E-state index is 13.0. The highest BCUT2D eigenvalue weighted by atomic mass is 32.2. The van der Waals surface area contributed by atoms with E-state index in [-0.39, 0.29) is 5.91 Å². The van der Waals surface area contributed by atoms with Gasteiger partial charge in [-0.25, -0.2) is 4.99 Å². The Morgan fingerprint density at radius 3 is 2.43 bits per heavy atom. The van der Waals surface area contributed by atoms with Crippen molar-refractivity contribution in [3.63, 3.8) is 0 Å². The Kier molecular flexibility index (Phi) is 6.68. The Balaban J connectivity index is 1.30. The lowest BCUT2D eigenvalue weighted by Crippen LogP contribution is -2.28. The van der Waals surface area contributed by atoms with Crippen LogP contribution in [-0.4, -0.2) is 22.5 Å². The van der Waals surface area contributed by atoms with Crippen LogP contribution in [0, 0.1) is 6.92 Å². The number of hydrogen-bond donors (Lipinski definition) is 0. The predicted octanol–water partition coefficient (Wildman–Crippen LogP) is 7.35. The monoisotopic (exact) mass is 478 g/mol. The van der Waals surface area contributed by atoms with Gasteiger partial charge in [-0.05, 0) is 77.9 Å². The molecule has 0 atom stereocenters. The fraction of sp³-hybridized carbons (Fsp3) is 0.133. The molecule has 0 aliphatic carbocycles. The van der Waals surface area contributed by atoms with E-state index in [1.807, 2.05) is 80.6 Å². The summed E-state index contributed by atoms with van der Waals surface area (Å²) in [5.74, 6) is 0.780. The second kappa shape index (κ2) is 10.2. The highest BCUT2D eigenvalue weighted by molar-refractivity contribution is 8.18. The van der Waals surface area contributed by atoms with Gasteiger partial charge >= 0.3 is 0 Å². The topological polar surface area (TPSA) is 41.9 Å². The molecule has 4 aromatic carbocycles. The molecule has 1 aliphatic heterocycles. The molecule has 0 bridgehead atoms. The number of hydrogen-bond acceptors (Lipinski definition) is 4. The minimum atomic E-state index is -0.0142. The van der Waals surface area contributed by atoms with Crippen LogP contribution in [-0.2, 0) is 11.4 Å². The van der Waals surface area contributed by atoms with Crippen molar-refractivity contribution in [2.45, 2.75) is 20.5 Å². The largest absolute Gasteiger partial charge is 0.489 e. The first kappa shape index (κ1) is 22.9. The molecule has 0 N–H and O–H groups in total. The Hall–Kier alpha value is -3.83. The molecule has 0 spiro atoms. The Morgan fingerprint density at radius 1 is 0.914 bits per heavy atom. The van der Waals surface area contributed by atoms with Crippen molar-refractivity contribution in [1.29, 1.82) is 0 Å². The van der Waals surface area contributed by atoms with Crippen LogP contribution in [0.3, 0.4) is 0 Å². The number of carbonyl (C=O) groups is 1. The first-order valence-electron chi connectivity index (χ1n) is 11.7. The SMILES string of the molecule is CCN1C(=O)/C(=C\c2ccc(OCc3cccc4ccccc34)cc2)SC1=Nc1ccc(C)cc1. The van der Waals surface area contributed by atoms with Crippen LogP contribution in [0.1, 0.15) is 23.6 Å². The molecule has 4 nitrogen and oxygen atoms in total. The molecule has 0 saturated carbocycles. The van der Waals surface area contributed by atoms with Crippen molar-refractivity contribution in [3.05, 3.63) is 113 Å². The molecule has 4 aromatic rings. The zero-order valence-corrected chi connectivity index (χ0v) is 20.6. The summed E-state index contributed by atoms with van der Waals surface area (Å²) < 4.78 is 6.05. The van der Waals surface area contributed by atoms with Crippen molar-refractivity contribution in [2.24, 2.45) is 4.99 Å². The average molecular weight is 479 g/mol. The summed E-state index contributed by atoms with van der Waals surface area (Å²) in [6, 6.07) is 30.4. The van der Waals surface area contributed by atoms with Crippen LogP contribution < -0.4 is 4.74 Å². The first-order chi connectivity index (χ1) is 17.1. The lowest BCUT2D eigenvalue weighted by atomic mass is 10.1. The number of aliphatic imine (C=N–C) groups is 1. The molecule has 1 aliphatic rings. The number of aryl methyl sites for hydroxylation is 1. The van der Waals surface area contributed by atoms with Gasteiger partial charge in [0.05, 0.1) is 10.6 Å². The van der Waals surface area contributed by atoms with Gasteiger partial charge < -0.3 is 4.74 Å². The Bertz CT molecular complexity index is 1420. The molecule has 35 heavy (non-hydrogen) atoms. The van der Waals surface area contributed by atoms with Gasteiger partial charge in [-0.3, -0.25) is 9.69 Å². The number of carbonyl (C=O) groups excluding carboxylic acids is 1. The van der Waals surface area contributed by atoms with Crippen molar-refractivity contribution < 1.29 is 9.53 Å². The number of fused-ring (bicyclic) bond motifs is 1. The fourth-order valence-corrected chi connectivity index (χ4v) is 5.05. The lowest BCUT2D eigenvalue weighted by Gasteiger charge is -2.12. The van der Waals surface area contributed by atoms with E-state index in [9.17, 15) is 4.79 Å².